The van der Waals surface area contributed by atoms with Gasteiger partial charge in [0.05, 0.1) is 27.2 Å². The van der Waals surface area contributed by atoms with Crippen LogP contribution >= 0.6 is 22.9 Å². The number of nitrogens with one attached hydrogen (secondary N) is 1. The lowest BCUT2D eigenvalue weighted by Crippen LogP contribution is -2.13. The third-order valence-corrected chi connectivity index (χ3v) is 5.19. The van der Waals surface area contributed by atoms with E-state index in [1.54, 1.807) is 25.1 Å². The lowest BCUT2D eigenvalue weighted by molar-refractivity contribution is 0.0697. The summed E-state index contributed by atoms with van der Waals surface area (Å²) in [6.45, 7) is 1.71. The quantitative estimate of drug-likeness (QED) is 0.465. The maximum absolute atomic E-state index is 12.7. The number of aryl methyl sites for hydroxylation is 1. The minimum atomic E-state index is -1.02. The molecule has 2 heterocycles. The summed E-state index contributed by atoms with van der Waals surface area (Å²) in [6.07, 6.45) is 0. The van der Waals surface area contributed by atoms with Crippen molar-refractivity contribution in [2.45, 2.75) is 6.92 Å². The summed E-state index contributed by atoms with van der Waals surface area (Å²) in [5, 5.41) is 21.0. The van der Waals surface area contributed by atoms with Gasteiger partial charge in [0.25, 0.3) is 0 Å². The first-order valence-electron chi connectivity index (χ1n) is 8.05. The van der Waals surface area contributed by atoms with E-state index in [1.807, 2.05) is 0 Å². The second-order valence-electron chi connectivity index (χ2n) is 5.89. The zero-order valence-corrected chi connectivity index (χ0v) is 16.0. The first-order valence-corrected chi connectivity index (χ1v) is 9.25. The molecule has 0 spiro atoms. The third-order valence-electron chi connectivity index (χ3n) is 3.95. The largest absolute Gasteiger partial charge is 0.478 e. The number of hydrogen-bond donors (Lipinski definition) is 2. The highest BCUT2D eigenvalue weighted by Gasteiger charge is 2.15. The maximum Gasteiger partial charge on any atom is 0.335 e. The molecule has 0 fully saturated rings. The minimum absolute atomic E-state index is 0.148. The van der Waals surface area contributed by atoms with E-state index in [0.717, 1.165) is 10.2 Å². The molecule has 2 N–H and O–H groups in total. The molecule has 0 unspecified atom stereocenters. The highest BCUT2D eigenvalue weighted by atomic mass is 35.5. The predicted octanol–water partition coefficient (Wildman–Crippen LogP) is 4.85. The highest BCUT2D eigenvalue weighted by molar-refractivity contribution is 7.20. The number of carbonyl (C=O) groups is 1. The molecule has 2 aromatic heterocycles. The number of thiazole rings is 1. The monoisotopic (exact) mass is 413 g/mol. The van der Waals surface area contributed by atoms with Crippen molar-refractivity contribution >= 4 is 50.5 Å². The number of halogens is 1. The molecule has 0 saturated carbocycles. The Hall–Kier alpha value is -3.30. The van der Waals surface area contributed by atoms with E-state index in [2.05, 4.69) is 20.3 Å². The van der Waals surface area contributed by atoms with E-state index in [1.165, 1.54) is 40.3 Å². The average Bonchev–Trinajstić information content (AvgIpc) is 3.20. The Kier molecular flexibility index (Phi) is 4.54. The summed E-state index contributed by atoms with van der Waals surface area (Å²) in [6, 6.07) is 11.2. The summed E-state index contributed by atoms with van der Waals surface area (Å²) < 4.78 is 2.18. The number of nitrogens with zero attached hydrogens (tertiary/aromatic N) is 4. The molecule has 10 heteroatoms. The fraction of sp³-hybridized carbons (Fsp3) is 0.0556. The number of hydrogen-bond acceptors (Lipinski definition) is 6. The van der Waals surface area contributed by atoms with Crippen molar-refractivity contribution in [2.75, 3.05) is 0 Å². The Bertz CT molecular complexity index is 1290. The molecule has 4 rings (SSSR count). The summed E-state index contributed by atoms with van der Waals surface area (Å²) >= 11 is 7.33. The van der Waals surface area contributed by atoms with E-state index in [9.17, 15) is 9.59 Å². The third kappa shape index (κ3) is 3.32. The molecule has 0 aliphatic heterocycles. The predicted molar refractivity (Wildman–Crippen MR) is 107 cm³/mol. The molecular weight excluding hydrogens is 402 g/mol. The summed E-state index contributed by atoms with van der Waals surface area (Å²) in [7, 11) is 0. The minimum Gasteiger partial charge on any atom is -0.478 e. The van der Waals surface area contributed by atoms with Crippen LogP contribution in [0.25, 0.3) is 15.3 Å². The average molecular weight is 414 g/mol. The number of aromatic amines is 1. The molecule has 0 atom stereocenters. The number of aromatic nitrogens is 3. The van der Waals surface area contributed by atoms with E-state index in [0.29, 0.717) is 21.5 Å². The molecule has 4 aromatic rings. The Morgan fingerprint density at radius 2 is 1.96 bits per heavy atom. The Balaban J connectivity index is 1.68. The number of azo groups is 1. The van der Waals surface area contributed by atoms with Gasteiger partial charge < -0.3 is 5.11 Å². The molecule has 28 heavy (non-hydrogen) atoms. The highest BCUT2D eigenvalue weighted by Crippen LogP contribution is 2.27. The van der Waals surface area contributed by atoms with Gasteiger partial charge in [0, 0.05) is 5.02 Å². The van der Waals surface area contributed by atoms with Gasteiger partial charge in [-0.3, -0.25) is 9.89 Å². The van der Waals surface area contributed by atoms with E-state index < -0.39 is 5.97 Å². The molecule has 0 aliphatic carbocycles. The fourth-order valence-corrected chi connectivity index (χ4v) is 3.75. The maximum atomic E-state index is 12.7. The number of fused-ring (bicyclic) bond motifs is 1. The molecular formula is C18H12ClN5O3S. The van der Waals surface area contributed by atoms with Gasteiger partial charge in [0.1, 0.15) is 0 Å². The lowest BCUT2D eigenvalue weighted by atomic mass is 10.2. The van der Waals surface area contributed by atoms with Gasteiger partial charge >= 0.3 is 11.5 Å². The second kappa shape index (κ2) is 7.02. The van der Waals surface area contributed by atoms with Gasteiger partial charge in [-0.1, -0.05) is 22.9 Å². The standard InChI is InChI=1S/C18H12ClN5O3S/c1-9-15(22-21-12-5-2-10(3-6-12)17(26)27)16(25)24(23-9)18-20-13-7-4-11(19)8-14(13)28-18/h2-8,23H,1H3,(H,26,27). The van der Waals surface area contributed by atoms with Crippen LogP contribution in [0.3, 0.4) is 0 Å². The molecule has 2 aromatic carbocycles. The van der Waals surface area contributed by atoms with Crippen molar-refractivity contribution in [3.63, 3.8) is 0 Å². The van der Waals surface area contributed by atoms with Crippen LogP contribution in [-0.2, 0) is 0 Å². The lowest BCUT2D eigenvalue weighted by Gasteiger charge is -1.94. The molecule has 0 radical (unpaired) electrons. The van der Waals surface area contributed by atoms with Crippen LogP contribution in [0.1, 0.15) is 16.1 Å². The van der Waals surface area contributed by atoms with Gasteiger partial charge in [-0.05, 0) is 49.4 Å². The number of H-pyrrole nitrogens is 1. The number of aromatic carboxylic acids is 1. The molecule has 0 amide bonds. The summed E-state index contributed by atoms with van der Waals surface area (Å²) in [5.74, 6) is -1.02. The Labute approximate surface area is 166 Å². The zero-order valence-electron chi connectivity index (χ0n) is 14.4. The van der Waals surface area contributed by atoms with E-state index >= 15 is 0 Å². The van der Waals surface area contributed by atoms with Gasteiger partial charge in [0.15, 0.2) is 5.69 Å². The van der Waals surface area contributed by atoms with E-state index in [-0.39, 0.29) is 16.8 Å². The number of benzene rings is 2. The number of carboxylic acids is 1. The van der Waals surface area contributed by atoms with Crippen molar-refractivity contribution in [1.29, 1.82) is 0 Å². The van der Waals surface area contributed by atoms with Crippen molar-refractivity contribution in [3.05, 3.63) is 69.1 Å². The molecule has 0 bridgehead atoms. The van der Waals surface area contributed by atoms with Gasteiger partial charge in [-0.25, -0.2) is 9.78 Å². The SMILES string of the molecule is Cc1[nH]n(-c2nc3ccc(Cl)cc3s2)c(=O)c1N=Nc1ccc(C(=O)O)cc1. The molecule has 0 saturated heterocycles. The molecule has 0 aliphatic rings. The zero-order chi connectivity index (χ0) is 19.8. The Morgan fingerprint density at radius 1 is 1.21 bits per heavy atom. The number of rotatable bonds is 4. The van der Waals surface area contributed by atoms with Crippen LogP contribution in [0.5, 0.6) is 0 Å². The van der Waals surface area contributed by atoms with Gasteiger partial charge in [0.2, 0.25) is 5.13 Å². The summed E-state index contributed by atoms with van der Waals surface area (Å²) in [4.78, 5) is 28.1. The first kappa shape index (κ1) is 18.1. The van der Waals surface area contributed by atoms with Crippen LogP contribution in [0.2, 0.25) is 5.02 Å². The fourth-order valence-electron chi connectivity index (χ4n) is 2.55. The van der Waals surface area contributed by atoms with Gasteiger partial charge in [-0.2, -0.15) is 9.80 Å². The molecule has 8 nitrogen and oxygen atoms in total. The van der Waals surface area contributed by atoms with Crippen LogP contribution < -0.4 is 5.56 Å². The topological polar surface area (TPSA) is 113 Å². The Morgan fingerprint density at radius 3 is 2.68 bits per heavy atom. The smallest absolute Gasteiger partial charge is 0.335 e. The van der Waals surface area contributed by atoms with Crippen LogP contribution in [-0.4, -0.2) is 25.8 Å². The first-order chi connectivity index (χ1) is 13.4. The molecule has 140 valence electrons. The van der Waals surface area contributed by atoms with Crippen LogP contribution in [0.15, 0.2) is 57.5 Å². The van der Waals surface area contributed by atoms with Crippen LogP contribution in [0, 0.1) is 6.92 Å². The number of carboxylic acid groups (broad SMARTS) is 1. The van der Waals surface area contributed by atoms with Crippen molar-refractivity contribution in [3.8, 4) is 5.13 Å². The van der Waals surface area contributed by atoms with Gasteiger partial charge in [-0.15, -0.1) is 5.11 Å². The second-order valence-corrected chi connectivity index (χ2v) is 7.33. The van der Waals surface area contributed by atoms with E-state index in [4.69, 9.17) is 16.7 Å². The van der Waals surface area contributed by atoms with Crippen molar-refractivity contribution in [2.24, 2.45) is 10.2 Å². The van der Waals surface area contributed by atoms with Crippen molar-refractivity contribution in [1.82, 2.24) is 14.8 Å². The summed E-state index contributed by atoms with van der Waals surface area (Å²) in [5.41, 5.74) is 1.63. The normalized spacial score (nSPS) is 11.5. The van der Waals surface area contributed by atoms with Crippen molar-refractivity contribution < 1.29 is 9.90 Å². The van der Waals surface area contributed by atoms with Crippen LogP contribution in [0.4, 0.5) is 11.4 Å².